The number of pyridine rings is 1. The molecule has 2 amide bonds. The van der Waals surface area contributed by atoms with Crippen molar-refractivity contribution in [2.75, 3.05) is 5.32 Å². The van der Waals surface area contributed by atoms with Gasteiger partial charge in [-0.1, -0.05) is 6.92 Å². The molecular formula is C19H19N3O5. The Labute approximate surface area is 154 Å². The molecule has 2 aromatic heterocycles. The van der Waals surface area contributed by atoms with Gasteiger partial charge in [-0.25, -0.2) is 9.59 Å². The molecule has 27 heavy (non-hydrogen) atoms. The van der Waals surface area contributed by atoms with E-state index in [1.807, 2.05) is 0 Å². The molecule has 2 atom stereocenters. The van der Waals surface area contributed by atoms with Crippen molar-refractivity contribution in [1.82, 2.24) is 10.3 Å². The van der Waals surface area contributed by atoms with Gasteiger partial charge < -0.3 is 20.2 Å². The maximum Gasteiger partial charge on any atom is 0.404 e. The lowest BCUT2D eigenvalue weighted by atomic mass is 10.0. The van der Waals surface area contributed by atoms with Gasteiger partial charge in [0.1, 0.15) is 5.58 Å². The zero-order chi connectivity index (χ0) is 19.6. The van der Waals surface area contributed by atoms with Gasteiger partial charge in [-0.2, -0.15) is 0 Å². The summed E-state index contributed by atoms with van der Waals surface area (Å²) in [6, 6.07) is 6.49. The molecule has 3 N–H and O–H groups in total. The van der Waals surface area contributed by atoms with Crippen LogP contribution >= 0.6 is 0 Å². The van der Waals surface area contributed by atoms with Crippen molar-refractivity contribution in [2.45, 2.75) is 26.3 Å². The monoisotopic (exact) mass is 369 g/mol. The van der Waals surface area contributed by atoms with Crippen molar-refractivity contribution >= 4 is 39.4 Å². The third-order valence-corrected chi connectivity index (χ3v) is 4.31. The van der Waals surface area contributed by atoms with Crippen LogP contribution in [0.25, 0.3) is 21.7 Å². The van der Waals surface area contributed by atoms with E-state index in [2.05, 4.69) is 15.6 Å². The highest BCUT2D eigenvalue weighted by Crippen LogP contribution is 2.25. The molecule has 2 unspecified atom stereocenters. The smallest absolute Gasteiger partial charge is 0.404 e. The van der Waals surface area contributed by atoms with Gasteiger partial charge in [0, 0.05) is 46.9 Å². The number of nitrogens with zero attached hydrogens (tertiary/aromatic N) is 1. The minimum atomic E-state index is -1.12. The van der Waals surface area contributed by atoms with Crippen molar-refractivity contribution in [3.8, 4) is 0 Å². The van der Waals surface area contributed by atoms with Crippen molar-refractivity contribution in [2.24, 2.45) is 5.92 Å². The molecule has 0 saturated carbocycles. The summed E-state index contributed by atoms with van der Waals surface area (Å²) < 4.78 is 5.34. The molecule has 1 aromatic carbocycles. The molecule has 2 heterocycles. The quantitative estimate of drug-likeness (QED) is 0.469. The number of fused-ring (bicyclic) bond motifs is 3. The number of carboxylic acid groups (broad SMARTS) is 1. The van der Waals surface area contributed by atoms with Gasteiger partial charge in [0.2, 0.25) is 5.91 Å². The van der Waals surface area contributed by atoms with Crippen LogP contribution in [-0.4, -0.2) is 28.1 Å². The van der Waals surface area contributed by atoms with Gasteiger partial charge in [-0.05, 0) is 31.5 Å². The van der Waals surface area contributed by atoms with E-state index >= 15 is 0 Å². The van der Waals surface area contributed by atoms with Crippen LogP contribution in [0.15, 0.2) is 45.9 Å². The minimum Gasteiger partial charge on any atom is -0.465 e. The average molecular weight is 369 g/mol. The molecular weight excluding hydrogens is 350 g/mol. The molecule has 0 aliphatic heterocycles. The third-order valence-electron chi connectivity index (χ3n) is 4.31. The molecule has 140 valence electrons. The number of anilines is 1. The number of rotatable bonds is 5. The number of nitrogens with one attached hydrogen (secondary N) is 2. The predicted octanol–water partition coefficient (Wildman–Crippen LogP) is 2.96. The van der Waals surface area contributed by atoms with E-state index < -0.39 is 17.6 Å². The van der Waals surface area contributed by atoms with E-state index in [0.717, 1.165) is 10.8 Å². The highest BCUT2D eigenvalue weighted by Gasteiger charge is 2.18. The molecule has 8 heteroatoms. The summed E-state index contributed by atoms with van der Waals surface area (Å²) in [5, 5.41) is 15.7. The summed E-state index contributed by atoms with van der Waals surface area (Å²) in [4.78, 5) is 39.0. The number of aromatic nitrogens is 1. The zero-order valence-electron chi connectivity index (χ0n) is 14.9. The second kappa shape index (κ2) is 7.45. The Morgan fingerprint density at radius 3 is 2.70 bits per heavy atom. The first-order chi connectivity index (χ1) is 12.8. The van der Waals surface area contributed by atoms with Crippen LogP contribution in [0.5, 0.6) is 0 Å². The molecule has 0 spiro atoms. The van der Waals surface area contributed by atoms with Crippen molar-refractivity contribution in [3.05, 3.63) is 47.1 Å². The zero-order valence-corrected chi connectivity index (χ0v) is 14.9. The van der Waals surface area contributed by atoms with Gasteiger partial charge in [-0.15, -0.1) is 0 Å². The average Bonchev–Trinajstić information content (AvgIpc) is 2.61. The Morgan fingerprint density at radius 2 is 1.96 bits per heavy atom. The molecule has 0 bridgehead atoms. The maximum atomic E-state index is 12.4. The van der Waals surface area contributed by atoms with Gasteiger partial charge in [0.05, 0.1) is 5.39 Å². The van der Waals surface area contributed by atoms with Crippen molar-refractivity contribution < 1.29 is 19.1 Å². The predicted molar refractivity (Wildman–Crippen MR) is 101 cm³/mol. The second-order valence-electron chi connectivity index (χ2n) is 6.50. The summed E-state index contributed by atoms with van der Waals surface area (Å²) >= 11 is 0. The number of hydrogen-bond acceptors (Lipinski definition) is 5. The molecule has 0 fully saturated rings. The highest BCUT2D eigenvalue weighted by atomic mass is 16.4. The topological polar surface area (TPSA) is 122 Å². The number of hydrogen-bond donors (Lipinski definition) is 3. The fourth-order valence-electron chi connectivity index (χ4n) is 3.03. The molecule has 3 aromatic rings. The van der Waals surface area contributed by atoms with Crippen molar-refractivity contribution in [1.29, 1.82) is 0 Å². The molecule has 0 aliphatic rings. The van der Waals surface area contributed by atoms with E-state index in [4.69, 9.17) is 9.52 Å². The van der Waals surface area contributed by atoms with E-state index in [1.165, 1.54) is 6.20 Å². The van der Waals surface area contributed by atoms with Crippen LogP contribution < -0.4 is 16.3 Å². The number of carbonyl (C=O) groups is 2. The molecule has 8 nitrogen and oxygen atoms in total. The van der Waals surface area contributed by atoms with Crippen LogP contribution in [0.4, 0.5) is 10.5 Å². The van der Waals surface area contributed by atoms with Crippen LogP contribution in [0.2, 0.25) is 0 Å². The first-order valence-electron chi connectivity index (χ1n) is 8.46. The second-order valence-corrected chi connectivity index (χ2v) is 6.50. The van der Waals surface area contributed by atoms with Crippen LogP contribution in [0.1, 0.15) is 20.3 Å². The van der Waals surface area contributed by atoms with Crippen LogP contribution in [-0.2, 0) is 4.79 Å². The Bertz CT molecular complexity index is 1080. The Hall–Kier alpha value is -3.42. The SMILES string of the molecule is CC(CC(C)C(=O)Nc1ccc2c(c1)oc(=O)c1cnccc12)NC(=O)O. The standard InChI is InChI=1S/C19H19N3O5/c1-10(7-11(2)21-19(25)26)17(23)22-12-3-4-14-13-5-6-20-9-15(13)18(24)27-16(14)8-12/h3-6,8-11,21H,7H2,1-2H3,(H,22,23)(H,25,26). The van der Waals surface area contributed by atoms with Crippen molar-refractivity contribution in [3.63, 3.8) is 0 Å². The number of amides is 2. The minimum absolute atomic E-state index is 0.249. The largest absolute Gasteiger partial charge is 0.465 e. The van der Waals surface area contributed by atoms with E-state index in [0.29, 0.717) is 23.1 Å². The van der Waals surface area contributed by atoms with E-state index in [-0.39, 0.29) is 11.9 Å². The van der Waals surface area contributed by atoms with Gasteiger partial charge in [0.15, 0.2) is 0 Å². The lowest BCUT2D eigenvalue weighted by molar-refractivity contribution is -0.119. The summed E-state index contributed by atoms with van der Waals surface area (Å²) in [5.74, 6) is -0.655. The Kier molecular flexibility index (Phi) is 5.07. The van der Waals surface area contributed by atoms with Crippen LogP contribution in [0, 0.1) is 5.92 Å². The summed E-state index contributed by atoms with van der Waals surface area (Å²) in [6.45, 7) is 3.42. The maximum absolute atomic E-state index is 12.4. The Morgan fingerprint density at radius 1 is 1.19 bits per heavy atom. The lowest BCUT2D eigenvalue weighted by Gasteiger charge is -2.17. The first-order valence-corrected chi connectivity index (χ1v) is 8.46. The molecule has 0 saturated heterocycles. The fraction of sp³-hybridized carbons (Fsp3) is 0.263. The van der Waals surface area contributed by atoms with Gasteiger partial charge in [0.25, 0.3) is 0 Å². The highest BCUT2D eigenvalue weighted by molar-refractivity contribution is 6.05. The molecule has 0 aliphatic carbocycles. The normalized spacial score (nSPS) is 13.3. The van der Waals surface area contributed by atoms with Crippen LogP contribution in [0.3, 0.4) is 0 Å². The van der Waals surface area contributed by atoms with Gasteiger partial charge >= 0.3 is 11.7 Å². The van der Waals surface area contributed by atoms with E-state index in [1.54, 1.807) is 44.3 Å². The summed E-state index contributed by atoms with van der Waals surface area (Å²) in [6.07, 6.45) is 2.30. The third kappa shape index (κ3) is 4.05. The molecule has 0 radical (unpaired) electrons. The van der Waals surface area contributed by atoms with Gasteiger partial charge in [-0.3, -0.25) is 9.78 Å². The number of carbonyl (C=O) groups excluding carboxylic acids is 1. The van der Waals surface area contributed by atoms with E-state index in [9.17, 15) is 14.4 Å². The Balaban J connectivity index is 1.81. The summed E-state index contributed by atoms with van der Waals surface area (Å²) in [7, 11) is 0. The molecule has 3 rings (SSSR count). The fourth-order valence-corrected chi connectivity index (χ4v) is 3.03. The summed E-state index contributed by atoms with van der Waals surface area (Å²) in [5.41, 5.74) is 0.371. The number of benzene rings is 1. The lowest BCUT2D eigenvalue weighted by Crippen LogP contribution is -2.34. The first kappa shape index (κ1) is 18.4.